The molecular formula is C12H18O3. The Morgan fingerprint density at radius 1 is 1.00 bits per heavy atom. The Kier molecular flexibility index (Phi) is 3.50. The van der Waals surface area contributed by atoms with Crippen LogP contribution in [-0.2, 0) is 15.2 Å². The highest BCUT2D eigenvalue weighted by Crippen LogP contribution is 2.29. The fourth-order valence-electron chi connectivity index (χ4n) is 1.53. The Bertz CT molecular complexity index is 304. The van der Waals surface area contributed by atoms with Gasteiger partial charge in [0.2, 0.25) is 0 Å². The summed E-state index contributed by atoms with van der Waals surface area (Å²) in [6.07, 6.45) is 0. The van der Waals surface area contributed by atoms with Gasteiger partial charge in [-0.2, -0.15) is 0 Å². The monoisotopic (exact) mass is 210 g/mol. The van der Waals surface area contributed by atoms with Crippen molar-refractivity contribution in [3.8, 4) is 0 Å². The summed E-state index contributed by atoms with van der Waals surface area (Å²) < 4.78 is 5.69. The second kappa shape index (κ2) is 4.31. The predicted octanol–water partition coefficient (Wildman–Crippen LogP) is 3.16. The van der Waals surface area contributed by atoms with Crippen LogP contribution in [0.15, 0.2) is 30.3 Å². The van der Waals surface area contributed by atoms with Gasteiger partial charge in [0.15, 0.2) is 5.79 Å². The van der Waals surface area contributed by atoms with Gasteiger partial charge in [-0.15, -0.1) is 0 Å². The number of hydrogen-bond donors (Lipinski definition) is 1. The van der Waals surface area contributed by atoms with Gasteiger partial charge in [-0.1, -0.05) is 30.3 Å². The van der Waals surface area contributed by atoms with E-state index in [0.717, 1.165) is 5.56 Å². The molecule has 3 nitrogen and oxygen atoms in total. The predicted molar refractivity (Wildman–Crippen MR) is 58.3 cm³/mol. The molecule has 0 aliphatic heterocycles. The molecule has 0 amide bonds. The molecule has 0 saturated heterocycles. The third kappa shape index (κ3) is 3.30. The van der Waals surface area contributed by atoms with Gasteiger partial charge >= 0.3 is 0 Å². The maximum atomic E-state index is 8.68. The lowest BCUT2D eigenvalue weighted by atomic mass is 9.98. The maximum absolute atomic E-state index is 8.68. The first kappa shape index (κ1) is 12.2. The number of benzene rings is 1. The average Bonchev–Trinajstić information content (AvgIpc) is 2.18. The standard InChI is InChI=1S/C12H18O3/c1-11(2,14-12(3,4)15-13)10-8-6-5-7-9-10/h5-9,13H,1-4H3. The van der Waals surface area contributed by atoms with Crippen LogP contribution in [0.3, 0.4) is 0 Å². The molecule has 0 aliphatic rings. The average molecular weight is 210 g/mol. The molecule has 1 aromatic carbocycles. The van der Waals surface area contributed by atoms with Crippen molar-refractivity contribution in [3.05, 3.63) is 35.9 Å². The topological polar surface area (TPSA) is 38.7 Å². The molecule has 1 rings (SSSR count). The van der Waals surface area contributed by atoms with Gasteiger partial charge in [0.05, 0.1) is 5.60 Å². The summed E-state index contributed by atoms with van der Waals surface area (Å²) in [6, 6.07) is 9.81. The molecule has 0 fully saturated rings. The zero-order valence-electron chi connectivity index (χ0n) is 9.65. The molecule has 1 aromatic rings. The first-order chi connectivity index (χ1) is 6.87. The van der Waals surface area contributed by atoms with Crippen molar-refractivity contribution in [3.63, 3.8) is 0 Å². The molecule has 0 unspecified atom stereocenters. The summed E-state index contributed by atoms with van der Waals surface area (Å²) in [5, 5.41) is 8.68. The molecule has 0 saturated carbocycles. The summed E-state index contributed by atoms with van der Waals surface area (Å²) in [7, 11) is 0. The molecule has 0 heterocycles. The zero-order valence-corrected chi connectivity index (χ0v) is 9.65. The van der Waals surface area contributed by atoms with Crippen LogP contribution in [0, 0.1) is 0 Å². The van der Waals surface area contributed by atoms with Crippen molar-refractivity contribution in [2.24, 2.45) is 0 Å². The molecule has 1 N–H and O–H groups in total. The summed E-state index contributed by atoms with van der Waals surface area (Å²) in [5.74, 6) is -1.01. The lowest BCUT2D eigenvalue weighted by Gasteiger charge is -2.33. The van der Waals surface area contributed by atoms with E-state index in [9.17, 15) is 0 Å². The second-order valence-electron chi connectivity index (χ2n) is 4.47. The summed E-state index contributed by atoms with van der Waals surface area (Å²) in [5.41, 5.74) is 0.531. The van der Waals surface area contributed by atoms with E-state index in [-0.39, 0.29) is 0 Å². The van der Waals surface area contributed by atoms with E-state index in [1.165, 1.54) is 0 Å². The summed E-state index contributed by atoms with van der Waals surface area (Å²) in [4.78, 5) is 4.27. The molecule has 0 radical (unpaired) electrons. The van der Waals surface area contributed by atoms with Gasteiger partial charge in [0.1, 0.15) is 0 Å². The summed E-state index contributed by atoms with van der Waals surface area (Å²) >= 11 is 0. The van der Waals surface area contributed by atoms with Gasteiger partial charge in [-0.25, -0.2) is 10.1 Å². The van der Waals surface area contributed by atoms with Crippen LogP contribution in [0.5, 0.6) is 0 Å². The van der Waals surface area contributed by atoms with Crippen molar-refractivity contribution in [1.82, 2.24) is 0 Å². The second-order valence-corrected chi connectivity index (χ2v) is 4.47. The van der Waals surface area contributed by atoms with E-state index >= 15 is 0 Å². The van der Waals surface area contributed by atoms with Crippen LogP contribution >= 0.6 is 0 Å². The SMILES string of the molecule is CC(C)(OO)OC(C)(C)c1ccccc1. The van der Waals surface area contributed by atoms with Crippen molar-refractivity contribution >= 4 is 0 Å². The first-order valence-corrected chi connectivity index (χ1v) is 4.96. The molecule has 15 heavy (non-hydrogen) atoms. The number of rotatable bonds is 4. The lowest BCUT2D eigenvalue weighted by Crippen LogP contribution is -2.36. The fourth-order valence-corrected chi connectivity index (χ4v) is 1.53. The van der Waals surface area contributed by atoms with E-state index in [4.69, 9.17) is 9.99 Å². The van der Waals surface area contributed by atoms with E-state index in [0.29, 0.717) is 0 Å². The Morgan fingerprint density at radius 3 is 2.00 bits per heavy atom. The van der Waals surface area contributed by atoms with Crippen molar-refractivity contribution in [2.45, 2.75) is 39.1 Å². The Hall–Kier alpha value is -0.900. The number of hydrogen-bond acceptors (Lipinski definition) is 3. The quantitative estimate of drug-likeness (QED) is 0.471. The highest BCUT2D eigenvalue weighted by Gasteiger charge is 2.31. The van der Waals surface area contributed by atoms with Gasteiger partial charge in [-0.3, -0.25) is 0 Å². The van der Waals surface area contributed by atoms with Crippen molar-refractivity contribution in [2.75, 3.05) is 0 Å². The van der Waals surface area contributed by atoms with Crippen molar-refractivity contribution in [1.29, 1.82) is 0 Å². The molecule has 0 atom stereocenters. The van der Waals surface area contributed by atoms with Gasteiger partial charge in [-0.05, 0) is 33.3 Å². The zero-order chi connectivity index (χ0) is 11.5. The van der Waals surface area contributed by atoms with Gasteiger partial charge < -0.3 is 4.74 Å². The fraction of sp³-hybridized carbons (Fsp3) is 0.500. The molecular weight excluding hydrogens is 192 g/mol. The Morgan fingerprint density at radius 2 is 1.53 bits per heavy atom. The van der Waals surface area contributed by atoms with Crippen LogP contribution in [0.4, 0.5) is 0 Å². The van der Waals surface area contributed by atoms with E-state index in [2.05, 4.69) is 4.89 Å². The highest BCUT2D eigenvalue weighted by molar-refractivity contribution is 5.20. The highest BCUT2D eigenvalue weighted by atomic mass is 17.1. The van der Waals surface area contributed by atoms with E-state index in [1.807, 2.05) is 44.2 Å². The van der Waals surface area contributed by atoms with E-state index < -0.39 is 11.4 Å². The Labute approximate surface area is 90.6 Å². The molecule has 3 heteroatoms. The maximum Gasteiger partial charge on any atom is 0.196 e. The van der Waals surface area contributed by atoms with Gasteiger partial charge in [0, 0.05) is 0 Å². The normalized spacial score (nSPS) is 12.9. The van der Waals surface area contributed by atoms with Crippen LogP contribution in [-0.4, -0.2) is 11.0 Å². The van der Waals surface area contributed by atoms with Crippen LogP contribution in [0.2, 0.25) is 0 Å². The molecule has 0 aliphatic carbocycles. The van der Waals surface area contributed by atoms with Gasteiger partial charge in [0.25, 0.3) is 0 Å². The minimum Gasteiger partial charge on any atom is -0.337 e. The molecule has 0 aromatic heterocycles. The van der Waals surface area contributed by atoms with E-state index in [1.54, 1.807) is 13.8 Å². The van der Waals surface area contributed by atoms with Crippen LogP contribution < -0.4 is 0 Å². The Balaban J connectivity index is 2.85. The third-order valence-electron chi connectivity index (χ3n) is 2.19. The first-order valence-electron chi connectivity index (χ1n) is 4.96. The molecule has 0 bridgehead atoms. The third-order valence-corrected chi connectivity index (χ3v) is 2.19. The minimum absolute atomic E-state index is 0.506. The smallest absolute Gasteiger partial charge is 0.196 e. The van der Waals surface area contributed by atoms with Crippen LogP contribution in [0.1, 0.15) is 33.3 Å². The summed E-state index contributed by atoms with van der Waals surface area (Å²) in [6.45, 7) is 7.20. The largest absolute Gasteiger partial charge is 0.337 e. The van der Waals surface area contributed by atoms with Crippen LogP contribution in [0.25, 0.3) is 0 Å². The lowest BCUT2D eigenvalue weighted by molar-refractivity contribution is -0.410. The molecule has 0 spiro atoms. The molecule has 84 valence electrons. The minimum atomic E-state index is -1.01. The van der Waals surface area contributed by atoms with Crippen molar-refractivity contribution < 1.29 is 14.9 Å². The number of ether oxygens (including phenoxy) is 1.